The Labute approximate surface area is 104 Å². The fourth-order valence-corrected chi connectivity index (χ4v) is 1.61. The van der Waals surface area contributed by atoms with Crippen LogP contribution in [0, 0.1) is 0 Å². The van der Waals surface area contributed by atoms with Crippen molar-refractivity contribution in [2.75, 3.05) is 5.32 Å². The quantitative estimate of drug-likeness (QED) is 0.863. The van der Waals surface area contributed by atoms with Gasteiger partial charge in [0, 0.05) is 17.5 Å². The number of amides is 2. The Hall–Kier alpha value is -2.63. The molecule has 0 bridgehead atoms. The SMILES string of the molecule is C=C(C)n1nccc1-c1ccnc(NC(N)=O)c1. The molecule has 6 heteroatoms. The Morgan fingerprint density at radius 3 is 2.89 bits per heavy atom. The van der Waals surface area contributed by atoms with Crippen LogP contribution in [0.15, 0.2) is 37.2 Å². The van der Waals surface area contributed by atoms with E-state index in [1.165, 1.54) is 0 Å². The molecule has 2 heterocycles. The molecule has 0 radical (unpaired) electrons. The summed E-state index contributed by atoms with van der Waals surface area (Å²) in [4.78, 5) is 14.8. The number of hydrogen-bond donors (Lipinski definition) is 2. The Morgan fingerprint density at radius 2 is 2.22 bits per heavy atom. The van der Waals surface area contributed by atoms with Gasteiger partial charge in [0.2, 0.25) is 0 Å². The summed E-state index contributed by atoms with van der Waals surface area (Å²) in [5.74, 6) is 0.398. The van der Waals surface area contributed by atoms with Crippen molar-refractivity contribution in [2.45, 2.75) is 6.92 Å². The molecule has 3 N–H and O–H groups in total. The minimum absolute atomic E-state index is 0.398. The van der Waals surface area contributed by atoms with E-state index in [9.17, 15) is 4.79 Å². The van der Waals surface area contributed by atoms with E-state index >= 15 is 0 Å². The number of anilines is 1. The summed E-state index contributed by atoms with van der Waals surface area (Å²) < 4.78 is 1.71. The van der Waals surface area contributed by atoms with Crippen LogP contribution in [0.3, 0.4) is 0 Å². The highest BCUT2D eigenvalue weighted by atomic mass is 16.2. The minimum Gasteiger partial charge on any atom is -0.351 e. The summed E-state index contributed by atoms with van der Waals surface area (Å²) in [7, 11) is 0. The van der Waals surface area contributed by atoms with Gasteiger partial charge < -0.3 is 5.73 Å². The number of carbonyl (C=O) groups excluding carboxylic acids is 1. The largest absolute Gasteiger partial charge is 0.351 e. The molecule has 0 saturated heterocycles. The maximum Gasteiger partial charge on any atom is 0.317 e. The lowest BCUT2D eigenvalue weighted by Crippen LogP contribution is -2.19. The van der Waals surface area contributed by atoms with Crippen LogP contribution in [-0.4, -0.2) is 20.8 Å². The lowest BCUT2D eigenvalue weighted by Gasteiger charge is -2.08. The third-order valence-electron chi connectivity index (χ3n) is 2.31. The van der Waals surface area contributed by atoms with Crippen molar-refractivity contribution in [3.8, 4) is 11.3 Å². The number of urea groups is 1. The summed E-state index contributed by atoms with van der Waals surface area (Å²) in [6.07, 6.45) is 3.28. The second-order valence-electron chi connectivity index (χ2n) is 3.78. The monoisotopic (exact) mass is 243 g/mol. The molecule has 92 valence electrons. The van der Waals surface area contributed by atoms with E-state index in [1.54, 1.807) is 23.1 Å². The third kappa shape index (κ3) is 2.37. The number of allylic oxidation sites excluding steroid dienone is 1. The average Bonchev–Trinajstić information content (AvgIpc) is 2.77. The molecule has 2 rings (SSSR count). The molecular formula is C12H13N5O. The number of hydrogen-bond acceptors (Lipinski definition) is 3. The van der Waals surface area contributed by atoms with E-state index in [1.807, 2.05) is 19.1 Å². The summed E-state index contributed by atoms with van der Waals surface area (Å²) in [5, 5.41) is 6.60. The molecule has 0 spiro atoms. The van der Waals surface area contributed by atoms with E-state index in [2.05, 4.69) is 22.0 Å². The summed E-state index contributed by atoms with van der Waals surface area (Å²) in [5.41, 5.74) is 7.59. The fraction of sp³-hybridized carbons (Fsp3) is 0.0833. The highest BCUT2D eigenvalue weighted by Gasteiger charge is 2.07. The predicted molar refractivity (Wildman–Crippen MR) is 69.7 cm³/mol. The first kappa shape index (κ1) is 11.8. The Morgan fingerprint density at radius 1 is 1.44 bits per heavy atom. The summed E-state index contributed by atoms with van der Waals surface area (Å²) >= 11 is 0. The van der Waals surface area contributed by atoms with Crippen LogP contribution in [0.25, 0.3) is 17.0 Å². The van der Waals surface area contributed by atoms with Gasteiger partial charge in [-0.25, -0.2) is 14.5 Å². The van der Waals surface area contributed by atoms with Gasteiger partial charge in [0.25, 0.3) is 0 Å². The Bertz CT molecular complexity index is 602. The van der Waals surface area contributed by atoms with Crippen LogP contribution >= 0.6 is 0 Å². The molecule has 0 aliphatic heterocycles. The second kappa shape index (κ2) is 4.70. The number of primary amides is 1. The van der Waals surface area contributed by atoms with Gasteiger partial charge in [-0.1, -0.05) is 6.58 Å². The van der Waals surface area contributed by atoms with Crippen molar-refractivity contribution < 1.29 is 4.79 Å². The van der Waals surface area contributed by atoms with Crippen molar-refractivity contribution in [1.29, 1.82) is 0 Å². The van der Waals surface area contributed by atoms with Crippen molar-refractivity contribution in [2.24, 2.45) is 5.73 Å². The van der Waals surface area contributed by atoms with Gasteiger partial charge in [-0.15, -0.1) is 0 Å². The van der Waals surface area contributed by atoms with E-state index < -0.39 is 6.03 Å². The number of pyridine rings is 1. The molecule has 2 aromatic heterocycles. The van der Waals surface area contributed by atoms with Gasteiger partial charge in [0.05, 0.1) is 11.9 Å². The van der Waals surface area contributed by atoms with Crippen LogP contribution in [0.1, 0.15) is 6.92 Å². The molecule has 0 aromatic carbocycles. The summed E-state index contributed by atoms with van der Waals surface area (Å²) in [6, 6.07) is 4.76. The molecule has 0 fully saturated rings. The van der Waals surface area contributed by atoms with E-state index in [0.717, 1.165) is 17.0 Å². The average molecular weight is 243 g/mol. The molecule has 0 aliphatic carbocycles. The summed E-state index contributed by atoms with van der Waals surface area (Å²) in [6.45, 7) is 5.71. The van der Waals surface area contributed by atoms with Gasteiger partial charge in [-0.3, -0.25) is 5.32 Å². The molecule has 0 saturated carbocycles. The van der Waals surface area contributed by atoms with E-state index in [-0.39, 0.29) is 0 Å². The van der Waals surface area contributed by atoms with Crippen molar-refractivity contribution in [3.63, 3.8) is 0 Å². The van der Waals surface area contributed by atoms with E-state index in [4.69, 9.17) is 5.73 Å². The molecule has 2 aromatic rings. The second-order valence-corrected chi connectivity index (χ2v) is 3.78. The number of nitrogens with one attached hydrogen (secondary N) is 1. The van der Waals surface area contributed by atoms with Crippen LogP contribution in [0.4, 0.5) is 10.6 Å². The maximum atomic E-state index is 10.8. The molecular weight excluding hydrogens is 230 g/mol. The predicted octanol–water partition coefficient (Wildman–Crippen LogP) is 1.93. The number of aromatic nitrogens is 3. The van der Waals surface area contributed by atoms with Gasteiger partial charge in [-0.2, -0.15) is 5.10 Å². The first-order valence-electron chi connectivity index (χ1n) is 5.30. The molecule has 6 nitrogen and oxygen atoms in total. The normalized spacial score (nSPS) is 10.1. The van der Waals surface area contributed by atoms with Crippen molar-refractivity contribution in [1.82, 2.24) is 14.8 Å². The molecule has 0 atom stereocenters. The number of nitrogens with two attached hydrogens (primary N) is 1. The first-order chi connectivity index (χ1) is 8.58. The first-order valence-corrected chi connectivity index (χ1v) is 5.30. The van der Waals surface area contributed by atoms with Crippen LogP contribution in [0.2, 0.25) is 0 Å². The van der Waals surface area contributed by atoms with E-state index in [0.29, 0.717) is 5.82 Å². The van der Waals surface area contributed by atoms with Gasteiger partial charge in [-0.05, 0) is 25.1 Å². The highest BCUT2D eigenvalue weighted by Crippen LogP contribution is 2.22. The van der Waals surface area contributed by atoms with Crippen LogP contribution in [-0.2, 0) is 0 Å². The Balaban J connectivity index is 2.41. The lowest BCUT2D eigenvalue weighted by molar-refractivity contribution is 0.259. The Kier molecular flexibility index (Phi) is 3.09. The van der Waals surface area contributed by atoms with Gasteiger partial charge in [0.15, 0.2) is 0 Å². The zero-order valence-electron chi connectivity index (χ0n) is 9.92. The van der Waals surface area contributed by atoms with Gasteiger partial charge >= 0.3 is 6.03 Å². The zero-order chi connectivity index (χ0) is 13.1. The molecule has 0 unspecified atom stereocenters. The van der Waals surface area contributed by atoms with Crippen molar-refractivity contribution >= 4 is 17.5 Å². The smallest absolute Gasteiger partial charge is 0.317 e. The zero-order valence-corrected chi connectivity index (χ0v) is 9.92. The third-order valence-corrected chi connectivity index (χ3v) is 2.31. The van der Waals surface area contributed by atoms with Crippen LogP contribution in [0.5, 0.6) is 0 Å². The maximum absolute atomic E-state index is 10.8. The number of rotatable bonds is 3. The number of nitrogens with zero attached hydrogens (tertiary/aromatic N) is 3. The topological polar surface area (TPSA) is 85.8 Å². The van der Waals surface area contributed by atoms with Gasteiger partial charge in [0.1, 0.15) is 5.82 Å². The highest BCUT2D eigenvalue weighted by molar-refractivity contribution is 5.87. The lowest BCUT2D eigenvalue weighted by atomic mass is 10.2. The molecule has 2 amide bonds. The molecule has 0 aliphatic rings. The van der Waals surface area contributed by atoms with Crippen LogP contribution < -0.4 is 11.1 Å². The van der Waals surface area contributed by atoms with Crippen molar-refractivity contribution in [3.05, 3.63) is 37.2 Å². The fourth-order valence-electron chi connectivity index (χ4n) is 1.61. The minimum atomic E-state index is -0.645. The molecule has 18 heavy (non-hydrogen) atoms. The standard InChI is InChI=1S/C12H13N5O/c1-8(2)17-10(4-6-15-17)9-3-5-14-11(7-9)16-12(13)18/h3-7H,1H2,2H3,(H3,13,14,16,18). The number of carbonyl (C=O) groups is 1.